The second-order valence-electron chi connectivity index (χ2n) is 9.79. The number of nitrogens with one attached hydrogen (secondary N) is 1. The van der Waals surface area contributed by atoms with Crippen molar-refractivity contribution in [2.75, 3.05) is 30.8 Å². The first-order valence-electron chi connectivity index (χ1n) is 13.6. The number of benzene rings is 3. The summed E-state index contributed by atoms with van der Waals surface area (Å²) in [7, 11) is -2.11. The minimum absolute atomic E-state index is 0.0445. The number of halogens is 1. The molecule has 2 amide bonds. The molecule has 10 heteroatoms. The van der Waals surface area contributed by atoms with Crippen LogP contribution in [0.4, 0.5) is 5.69 Å². The third-order valence-electron chi connectivity index (χ3n) is 6.56. The van der Waals surface area contributed by atoms with Gasteiger partial charge in [-0.1, -0.05) is 67.1 Å². The van der Waals surface area contributed by atoms with Crippen LogP contribution in [0.3, 0.4) is 0 Å². The molecule has 220 valence electrons. The number of hydrogen-bond donors (Lipinski definition) is 1. The fourth-order valence-electron chi connectivity index (χ4n) is 4.52. The molecule has 41 heavy (non-hydrogen) atoms. The highest BCUT2D eigenvalue weighted by atomic mass is 35.5. The molecule has 1 atom stereocenters. The van der Waals surface area contributed by atoms with Gasteiger partial charge in [0.2, 0.25) is 21.8 Å². The number of anilines is 1. The highest BCUT2D eigenvalue weighted by molar-refractivity contribution is 7.92. The minimum atomic E-state index is -3.62. The molecule has 1 N–H and O–H groups in total. The number of amides is 2. The zero-order valence-corrected chi connectivity index (χ0v) is 25.3. The molecule has 3 aromatic carbocycles. The van der Waals surface area contributed by atoms with E-state index in [0.29, 0.717) is 29.4 Å². The maximum Gasteiger partial charge on any atom is 0.243 e. The smallest absolute Gasteiger partial charge is 0.243 e. The second kappa shape index (κ2) is 15.4. The van der Waals surface area contributed by atoms with Gasteiger partial charge in [-0.3, -0.25) is 13.9 Å². The SMILES string of the molecule is CCCNC(=O)[C@H](Cc1ccccc1)N(Cc1cccc(Cl)c1)C(=O)CCCN(c1cccc(OC)c1)S(C)(=O)=O. The average Bonchev–Trinajstić information content (AvgIpc) is 2.95. The molecule has 0 unspecified atom stereocenters. The summed E-state index contributed by atoms with van der Waals surface area (Å²) in [5.74, 6) is 0.0404. The van der Waals surface area contributed by atoms with Gasteiger partial charge in [-0.25, -0.2) is 8.42 Å². The van der Waals surface area contributed by atoms with E-state index in [-0.39, 0.29) is 37.7 Å². The molecule has 0 aliphatic heterocycles. The normalized spacial score (nSPS) is 11.9. The molecule has 0 fully saturated rings. The number of carbonyl (C=O) groups excluding carboxylic acids is 2. The fourth-order valence-corrected chi connectivity index (χ4v) is 5.69. The molecule has 0 spiro atoms. The molecule has 0 radical (unpaired) electrons. The van der Waals surface area contributed by atoms with Crippen molar-refractivity contribution >= 4 is 39.1 Å². The van der Waals surface area contributed by atoms with Crippen LogP contribution < -0.4 is 14.4 Å². The molecule has 0 aromatic heterocycles. The lowest BCUT2D eigenvalue weighted by molar-refractivity contribution is -0.141. The maximum absolute atomic E-state index is 13.8. The summed E-state index contributed by atoms with van der Waals surface area (Å²) < 4.78 is 31.8. The van der Waals surface area contributed by atoms with Gasteiger partial charge >= 0.3 is 0 Å². The van der Waals surface area contributed by atoms with Crippen LogP contribution in [0.25, 0.3) is 0 Å². The summed E-state index contributed by atoms with van der Waals surface area (Å²) in [6.07, 6.45) is 2.53. The number of ether oxygens (including phenoxy) is 1. The van der Waals surface area contributed by atoms with Crippen molar-refractivity contribution in [1.82, 2.24) is 10.2 Å². The van der Waals surface area contributed by atoms with E-state index in [4.69, 9.17) is 16.3 Å². The Morgan fingerprint density at radius 1 is 0.976 bits per heavy atom. The summed E-state index contributed by atoms with van der Waals surface area (Å²) in [4.78, 5) is 28.9. The van der Waals surface area contributed by atoms with Crippen molar-refractivity contribution in [2.45, 2.75) is 45.2 Å². The predicted molar refractivity (Wildman–Crippen MR) is 164 cm³/mol. The zero-order chi connectivity index (χ0) is 29.8. The monoisotopic (exact) mass is 599 g/mol. The molecule has 3 aromatic rings. The Morgan fingerprint density at radius 2 is 1.68 bits per heavy atom. The molecular formula is C31H38ClN3O5S. The van der Waals surface area contributed by atoms with Gasteiger partial charge < -0.3 is 15.0 Å². The molecule has 0 saturated heterocycles. The molecular weight excluding hydrogens is 562 g/mol. The van der Waals surface area contributed by atoms with Crippen LogP contribution in [-0.2, 0) is 32.6 Å². The van der Waals surface area contributed by atoms with Crippen molar-refractivity contribution < 1.29 is 22.7 Å². The van der Waals surface area contributed by atoms with Crippen molar-refractivity contribution in [1.29, 1.82) is 0 Å². The van der Waals surface area contributed by atoms with E-state index >= 15 is 0 Å². The van der Waals surface area contributed by atoms with Gasteiger partial charge in [0, 0.05) is 43.6 Å². The van der Waals surface area contributed by atoms with Crippen LogP contribution in [-0.4, -0.2) is 57.6 Å². The number of methoxy groups -OCH3 is 1. The van der Waals surface area contributed by atoms with E-state index in [2.05, 4.69) is 5.32 Å². The van der Waals surface area contributed by atoms with E-state index in [0.717, 1.165) is 23.8 Å². The third-order valence-corrected chi connectivity index (χ3v) is 7.98. The third kappa shape index (κ3) is 9.79. The summed E-state index contributed by atoms with van der Waals surface area (Å²) in [5.41, 5.74) is 2.17. The summed E-state index contributed by atoms with van der Waals surface area (Å²) >= 11 is 6.24. The Labute approximate surface area is 248 Å². The molecule has 0 aliphatic carbocycles. The molecule has 3 rings (SSSR count). The van der Waals surface area contributed by atoms with Crippen LogP contribution in [0.1, 0.15) is 37.3 Å². The molecule has 8 nitrogen and oxygen atoms in total. The van der Waals surface area contributed by atoms with Crippen molar-refractivity contribution in [3.8, 4) is 5.75 Å². The largest absolute Gasteiger partial charge is 0.497 e. The van der Waals surface area contributed by atoms with Crippen LogP contribution in [0.2, 0.25) is 5.02 Å². The Balaban J connectivity index is 1.87. The van der Waals surface area contributed by atoms with Gasteiger partial charge in [-0.2, -0.15) is 0 Å². The lowest BCUT2D eigenvalue weighted by Gasteiger charge is -2.32. The fraction of sp³-hybridized carbons (Fsp3) is 0.355. The standard InChI is InChI=1S/C31H38ClN3O5S/c1-4-18-33-31(37)29(21-24-11-6-5-7-12-24)34(23-25-13-8-14-26(32)20-25)30(36)17-10-19-35(41(3,38)39)27-15-9-16-28(22-27)40-2/h5-9,11-16,20,22,29H,4,10,17-19,21,23H2,1-3H3,(H,33,37)/t29-/m0/s1. The van der Waals surface area contributed by atoms with Crippen LogP contribution >= 0.6 is 11.6 Å². The van der Waals surface area contributed by atoms with Crippen molar-refractivity contribution in [3.05, 3.63) is 95.0 Å². The molecule has 0 aliphatic rings. The Bertz CT molecular complexity index is 1400. The Morgan fingerprint density at radius 3 is 2.34 bits per heavy atom. The minimum Gasteiger partial charge on any atom is -0.497 e. The molecule has 0 saturated carbocycles. The Hall–Kier alpha value is -3.56. The summed E-state index contributed by atoms with van der Waals surface area (Å²) in [6.45, 7) is 2.74. The number of rotatable bonds is 15. The number of sulfonamides is 1. The van der Waals surface area contributed by atoms with Gasteiger partial charge in [0.1, 0.15) is 11.8 Å². The van der Waals surface area contributed by atoms with Gasteiger partial charge in [0.15, 0.2) is 0 Å². The first-order chi connectivity index (χ1) is 19.6. The molecule has 0 heterocycles. The second-order valence-corrected chi connectivity index (χ2v) is 12.1. The maximum atomic E-state index is 13.8. The van der Waals surface area contributed by atoms with Crippen LogP contribution in [0.15, 0.2) is 78.9 Å². The van der Waals surface area contributed by atoms with Gasteiger partial charge in [-0.05, 0) is 48.2 Å². The van der Waals surface area contributed by atoms with E-state index in [1.165, 1.54) is 11.4 Å². The summed E-state index contributed by atoms with van der Waals surface area (Å²) in [6, 6.07) is 22.8. The summed E-state index contributed by atoms with van der Waals surface area (Å²) in [5, 5.41) is 3.49. The van der Waals surface area contributed by atoms with Gasteiger partial charge in [0.05, 0.1) is 19.1 Å². The zero-order valence-electron chi connectivity index (χ0n) is 23.8. The Kier molecular flexibility index (Phi) is 12.0. The number of nitrogens with zero attached hydrogens (tertiary/aromatic N) is 2. The lowest BCUT2D eigenvalue weighted by atomic mass is 10.0. The lowest BCUT2D eigenvalue weighted by Crippen LogP contribution is -2.50. The highest BCUT2D eigenvalue weighted by Gasteiger charge is 2.30. The van der Waals surface area contributed by atoms with Crippen molar-refractivity contribution in [2.24, 2.45) is 0 Å². The first-order valence-corrected chi connectivity index (χ1v) is 15.8. The van der Waals surface area contributed by atoms with E-state index in [1.54, 1.807) is 41.3 Å². The number of hydrogen-bond acceptors (Lipinski definition) is 5. The topological polar surface area (TPSA) is 96.0 Å². The van der Waals surface area contributed by atoms with E-state index in [9.17, 15) is 18.0 Å². The highest BCUT2D eigenvalue weighted by Crippen LogP contribution is 2.24. The quantitative estimate of drug-likeness (QED) is 0.263. The van der Waals surface area contributed by atoms with Crippen LogP contribution in [0.5, 0.6) is 5.75 Å². The van der Waals surface area contributed by atoms with E-state index < -0.39 is 16.1 Å². The predicted octanol–water partition coefficient (Wildman–Crippen LogP) is 5.06. The average molecular weight is 600 g/mol. The van der Waals surface area contributed by atoms with Crippen molar-refractivity contribution in [3.63, 3.8) is 0 Å². The van der Waals surface area contributed by atoms with Crippen LogP contribution in [0, 0.1) is 0 Å². The first kappa shape index (κ1) is 32.0. The molecule has 0 bridgehead atoms. The van der Waals surface area contributed by atoms with Gasteiger partial charge in [0.25, 0.3) is 0 Å². The van der Waals surface area contributed by atoms with Gasteiger partial charge in [-0.15, -0.1) is 0 Å². The van der Waals surface area contributed by atoms with E-state index in [1.807, 2.05) is 49.4 Å². The number of carbonyl (C=O) groups is 2.